The predicted octanol–water partition coefficient (Wildman–Crippen LogP) is 22.2. The Morgan fingerprint density at radius 3 is 1.18 bits per heavy atom. The molecule has 3 aliphatic rings. The molecular weight excluding hydrogens is 1020 g/mol. The van der Waals surface area contributed by atoms with Crippen molar-refractivity contribution in [2.75, 3.05) is 5.75 Å². The fraction of sp³-hybridized carbons (Fsp3) is 0.356. The van der Waals surface area contributed by atoms with Crippen LogP contribution in [0.25, 0.3) is 36.1 Å². The molecule has 11 rings (SSSR count). The van der Waals surface area contributed by atoms with Gasteiger partial charge in [0.05, 0.1) is 6.42 Å². The van der Waals surface area contributed by atoms with E-state index in [1.807, 2.05) is 17.8 Å². The summed E-state index contributed by atoms with van der Waals surface area (Å²) in [6.07, 6.45) is 23.3. The highest BCUT2D eigenvalue weighted by Crippen LogP contribution is 2.47. The Bertz CT molecular complexity index is 2980. The third kappa shape index (κ3) is 20.1. The fourth-order valence-corrected chi connectivity index (χ4v) is 14.2. The first-order chi connectivity index (χ1) is 38.7. The maximum Gasteiger partial charge on any atom is 0.282 e. The van der Waals surface area contributed by atoms with Crippen LogP contribution in [0.3, 0.4) is 0 Å². The van der Waals surface area contributed by atoms with Gasteiger partial charge in [-0.15, -0.1) is 11.8 Å². The summed E-state index contributed by atoms with van der Waals surface area (Å²) in [6.45, 7) is 26.9. The fourth-order valence-electron chi connectivity index (χ4n) is 10.6. The van der Waals surface area contributed by atoms with Crippen molar-refractivity contribution < 1.29 is 0 Å². The molecule has 0 atom stereocenters. The van der Waals surface area contributed by atoms with Crippen molar-refractivity contribution in [2.24, 2.45) is 0 Å². The lowest BCUT2D eigenvalue weighted by atomic mass is 9.78. The van der Waals surface area contributed by atoms with Gasteiger partial charge >= 0.3 is 0 Å². The van der Waals surface area contributed by atoms with Gasteiger partial charge in [0.2, 0.25) is 5.54 Å². The van der Waals surface area contributed by atoms with Crippen LogP contribution >= 0.6 is 35.3 Å². The number of nitrogens with zero attached hydrogens (tertiary/aromatic N) is 3. The largest absolute Gasteiger partial charge is 0.310 e. The molecule has 79 heavy (non-hydrogen) atoms. The molecule has 406 valence electrons. The lowest BCUT2D eigenvalue weighted by Gasteiger charge is -2.26. The first-order valence-corrected chi connectivity index (χ1v) is 31.7. The molecule has 8 aromatic rings. The zero-order chi connectivity index (χ0) is 55.3. The van der Waals surface area contributed by atoms with Crippen molar-refractivity contribution in [1.82, 2.24) is 0 Å². The smallest absolute Gasteiger partial charge is 0.282 e. The Morgan fingerprint density at radius 2 is 0.772 bits per heavy atom. The molecule has 0 amide bonds. The molecule has 0 bridgehead atoms. The number of fused-ring (bicyclic) bond motifs is 2. The van der Waals surface area contributed by atoms with Gasteiger partial charge in [-0.05, 0) is 169 Å². The van der Waals surface area contributed by atoms with E-state index in [0.29, 0.717) is 0 Å². The van der Waals surface area contributed by atoms with Crippen LogP contribution in [-0.2, 0) is 19.3 Å². The Labute approximate surface area is 488 Å². The number of unbranched alkanes of at least 4 members (excludes halogenated alkanes) is 1. The monoisotopic (exact) mass is 1100 g/mol. The van der Waals surface area contributed by atoms with Crippen molar-refractivity contribution in [1.29, 1.82) is 0 Å². The average Bonchev–Trinajstić information content (AvgIpc) is 3.53. The van der Waals surface area contributed by atoms with Crippen LogP contribution in [0.4, 0.5) is 0 Å². The van der Waals surface area contributed by atoms with Gasteiger partial charge in [-0.3, -0.25) is 9.69 Å². The third-order valence-electron chi connectivity index (χ3n) is 15.3. The summed E-state index contributed by atoms with van der Waals surface area (Å²) in [6, 6.07) is 70.4. The third-order valence-corrected chi connectivity index (χ3v) is 19.1. The van der Waals surface area contributed by atoms with Gasteiger partial charge in [0.25, 0.3) is 9.74 Å². The van der Waals surface area contributed by atoms with Crippen molar-refractivity contribution in [2.45, 2.75) is 172 Å². The lowest BCUT2D eigenvalue weighted by molar-refractivity contribution is 0.344. The second kappa shape index (κ2) is 32.8. The van der Waals surface area contributed by atoms with Crippen molar-refractivity contribution >= 4 is 56.8 Å². The second-order valence-electron chi connectivity index (χ2n) is 21.5. The minimum Gasteiger partial charge on any atom is -0.310 e. The van der Waals surface area contributed by atoms with Gasteiger partial charge in [0.1, 0.15) is 0 Å². The number of thioether (sulfide) groups is 3. The molecule has 0 heterocycles. The van der Waals surface area contributed by atoms with Crippen LogP contribution < -0.4 is 0 Å². The van der Waals surface area contributed by atoms with Crippen LogP contribution in [0.2, 0.25) is 0 Å². The quantitative estimate of drug-likeness (QED) is 0.0649. The van der Waals surface area contributed by atoms with Crippen LogP contribution in [0.5, 0.6) is 0 Å². The highest BCUT2D eigenvalue weighted by Gasteiger charge is 2.41. The summed E-state index contributed by atoms with van der Waals surface area (Å²) in [5.74, 6) is 1.25. The van der Waals surface area contributed by atoms with Gasteiger partial charge in [-0.1, -0.05) is 202 Å². The summed E-state index contributed by atoms with van der Waals surface area (Å²) >= 11 is 5.50. The van der Waals surface area contributed by atoms with E-state index in [9.17, 15) is 0 Å². The van der Waals surface area contributed by atoms with E-state index in [0.717, 1.165) is 57.8 Å². The molecule has 0 radical (unpaired) electrons. The predicted molar refractivity (Wildman–Crippen MR) is 344 cm³/mol. The van der Waals surface area contributed by atoms with E-state index in [4.69, 9.17) is 19.7 Å². The van der Waals surface area contributed by atoms with Crippen LogP contribution in [0.15, 0.2) is 215 Å². The molecule has 8 aromatic carbocycles. The Morgan fingerprint density at radius 1 is 0.392 bits per heavy atom. The van der Waals surface area contributed by atoms with Crippen LogP contribution in [-0.4, -0.2) is 21.0 Å². The highest BCUT2D eigenvalue weighted by atomic mass is 32.2. The van der Waals surface area contributed by atoms with Crippen LogP contribution in [0, 0.1) is 26.6 Å². The number of benzene rings is 8. The van der Waals surface area contributed by atoms with Gasteiger partial charge in [-0.25, -0.2) is 19.7 Å². The Hall–Kier alpha value is -6.20. The maximum absolute atomic E-state index is 7.56. The number of hydrogen-bond donors (Lipinski definition) is 0. The van der Waals surface area contributed by atoms with Gasteiger partial charge < -0.3 is 4.85 Å². The molecule has 0 aromatic heterocycles. The zero-order valence-electron chi connectivity index (χ0n) is 47.0. The number of hydrogen-bond acceptors (Lipinski definition) is 3. The molecule has 0 aliphatic heterocycles. The Kier molecular flexibility index (Phi) is 25.1. The molecule has 3 nitrogen and oxygen atoms in total. The molecule has 0 saturated heterocycles. The topological polar surface area (TPSA) is 13.1 Å². The minimum atomic E-state index is -0.208. The van der Waals surface area contributed by atoms with E-state index in [2.05, 4.69) is 223 Å². The van der Waals surface area contributed by atoms with Crippen molar-refractivity contribution in [3.63, 3.8) is 0 Å². The molecule has 0 spiro atoms. The summed E-state index contributed by atoms with van der Waals surface area (Å²) in [5, 5.41) is 5.08. The Balaban J connectivity index is 0.000000144. The van der Waals surface area contributed by atoms with E-state index in [-0.39, 0.29) is 15.3 Å². The summed E-state index contributed by atoms with van der Waals surface area (Å²) < 4.78 is 0. The molecule has 3 fully saturated rings. The van der Waals surface area contributed by atoms with E-state index >= 15 is 0 Å². The second-order valence-corrected chi connectivity index (χ2v) is 25.5. The first kappa shape index (κ1) is 60.4. The molecule has 0 unspecified atom stereocenters. The number of aryl methyl sites for hydroxylation is 3. The van der Waals surface area contributed by atoms with E-state index < -0.39 is 0 Å². The SMILES string of the molecule is CCCCSc1ccc(C)cc1.[C-]#[N+]C1(Cc2ccccc2)CCCCC1.[C-]#[N+]C1(Sc2ccc3ccccc3c2)CCCCC1.[C-]#[N+]C1(Sc2ccc3ccccc3c2)CCCCC1.c1ccc(CCc2ccccc2)cc1. The molecule has 3 aliphatic carbocycles. The first-order valence-electron chi connectivity index (χ1n) is 29.1. The summed E-state index contributed by atoms with van der Waals surface area (Å²) in [4.78, 5) is 15.3. The lowest BCUT2D eigenvalue weighted by Crippen LogP contribution is -2.30. The summed E-state index contributed by atoms with van der Waals surface area (Å²) in [5.41, 5.74) is 5.40. The average molecular weight is 1100 g/mol. The minimum absolute atomic E-state index is 0.0837. The highest BCUT2D eigenvalue weighted by molar-refractivity contribution is 8.01. The van der Waals surface area contributed by atoms with Crippen LogP contribution in [0.1, 0.15) is 138 Å². The molecule has 3 saturated carbocycles. The molecule has 0 N–H and O–H groups in total. The normalized spacial score (nSPS) is 15.7. The maximum atomic E-state index is 7.56. The zero-order valence-corrected chi connectivity index (χ0v) is 49.4. The van der Waals surface area contributed by atoms with Crippen molar-refractivity contribution in [3.05, 3.63) is 257 Å². The van der Waals surface area contributed by atoms with E-state index in [1.54, 1.807) is 23.5 Å². The standard InChI is InChI=1S/2C17H17NS.C14H17N.C14H14.C11H16S/c2*1-18-17(11-5-2-6-12-17)19-16-10-9-14-7-3-4-8-15(14)13-16;1-15-14(10-6-3-7-11-14)12-13-8-4-2-5-9-13;1-3-7-13(8-4-1)11-12-14-9-5-2-6-10-14;1-3-4-9-12-11-7-5-10(2)6-8-11/h2*3-4,7-10,13H,2,5-6,11-12H2;2,4-5,8-9H,3,6-7,10-12H2;1-10H,11-12H2;5-8H,3-4,9H2,1-2H3. The summed E-state index contributed by atoms with van der Waals surface area (Å²) in [7, 11) is 0. The van der Waals surface area contributed by atoms with Gasteiger partial charge in [0.15, 0.2) is 0 Å². The molecular formula is C73H81N3S3. The van der Waals surface area contributed by atoms with Crippen molar-refractivity contribution in [3.8, 4) is 0 Å². The van der Waals surface area contributed by atoms with Gasteiger partial charge in [-0.2, -0.15) is 0 Å². The molecule has 6 heteroatoms. The van der Waals surface area contributed by atoms with Gasteiger partial charge in [0, 0.05) is 53.2 Å². The van der Waals surface area contributed by atoms with E-state index in [1.165, 1.54) is 135 Å². The number of rotatable bonds is 13.